The molecule has 0 heterocycles. The van der Waals surface area contributed by atoms with Crippen molar-refractivity contribution in [2.24, 2.45) is 0 Å². The van der Waals surface area contributed by atoms with Crippen molar-refractivity contribution in [3.63, 3.8) is 0 Å². The van der Waals surface area contributed by atoms with Gasteiger partial charge in [0.05, 0.1) is 0 Å². The first-order chi connectivity index (χ1) is 6.24. The Balaban J connectivity index is 2.56. The number of thioether (sulfide) groups is 1. The zero-order chi connectivity index (χ0) is 9.68. The lowest BCUT2D eigenvalue weighted by molar-refractivity contribution is 0.872. The monoisotopic (exact) mass is 260 g/mol. The van der Waals surface area contributed by atoms with Gasteiger partial charge in [-0.1, -0.05) is 0 Å². The van der Waals surface area contributed by atoms with Crippen molar-refractivity contribution in [3.05, 3.63) is 22.7 Å². The van der Waals surface area contributed by atoms with Crippen molar-refractivity contribution in [2.45, 2.75) is 4.90 Å². The lowest BCUT2D eigenvalue weighted by atomic mass is 10.3. The molecule has 0 amide bonds. The number of rotatable bonds is 4. The summed E-state index contributed by atoms with van der Waals surface area (Å²) in [4.78, 5) is 1.24. The molecule has 0 aromatic heterocycles. The van der Waals surface area contributed by atoms with Crippen molar-refractivity contribution in [1.82, 2.24) is 5.32 Å². The highest BCUT2D eigenvalue weighted by Crippen LogP contribution is 2.28. The lowest BCUT2D eigenvalue weighted by Crippen LogP contribution is -2.09. The van der Waals surface area contributed by atoms with Crippen LogP contribution in [-0.2, 0) is 0 Å². The van der Waals surface area contributed by atoms with Crippen LogP contribution in [0.3, 0.4) is 0 Å². The molecule has 0 bridgehead atoms. The van der Waals surface area contributed by atoms with E-state index in [-0.39, 0.29) is 0 Å². The van der Waals surface area contributed by atoms with Crippen molar-refractivity contribution in [3.8, 4) is 0 Å². The van der Waals surface area contributed by atoms with Crippen LogP contribution >= 0.6 is 27.7 Å². The summed E-state index contributed by atoms with van der Waals surface area (Å²) in [5.41, 5.74) is 6.43. The molecule has 1 aromatic rings. The third-order valence-electron chi connectivity index (χ3n) is 1.57. The number of nitrogens with two attached hydrogens (primary N) is 1. The number of anilines is 1. The van der Waals surface area contributed by atoms with Gasteiger partial charge in [0.1, 0.15) is 0 Å². The summed E-state index contributed by atoms with van der Waals surface area (Å²) in [7, 11) is 1.96. The smallest absolute Gasteiger partial charge is 0.0331 e. The second kappa shape index (κ2) is 5.52. The van der Waals surface area contributed by atoms with E-state index in [1.165, 1.54) is 4.90 Å². The first-order valence-electron chi connectivity index (χ1n) is 4.06. The van der Waals surface area contributed by atoms with E-state index in [2.05, 4.69) is 21.2 Å². The molecule has 0 unspecified atom stereocenters. The van der Waals surface area contributed by atoms with Gasteiger partial charge in [0.15, 0.2) is 0 Å². The van der Waals surface area contributed by atoms with Crippen LogP contribution < -0.4 is 11.1 Å². The summed E-state index contributed by atoms with van der Waals surface area (Å²) in [6, 6.07) is 5.90. The van der Waals surface area contributed by atoms with Crippen LogP contribution in [0.4, 0.5) is 5.69 Å². The highest BCUT2D eigenvalue weighted by Gasteiger charge is 1.99. The molecular formula is C9H13BrN2S. The molecule has 0 aliphatic carbocycles. The molecule has 1 aromatic carbocycles. The van der Waals surface area contributed by atoms with Gasteiger partial charge >= 0.3 is 0 Å². The molecule has 0 spiro atoms. The maximum Gasteiger partial charge on any atom is 0.0331 e. The Morgan fingerprint density at radius 3 is 2.92 bits per heavy atom. The zero-order valence-corrected chi connectivity index (χ0v) is 9.91. The van der Waals surface area contributed by atoms with Gasteiger partial charge in [0.2, 0.25) is 0 Å². The minimum Gasteiger partial charge on any atom is -0.399 e. The lowest BCUT2D eigenvalue weighted by Gasteiger charge is -2.04. The predicted molar refractivity (Wildman–Crippen MR) is 63.2 cm³/mol. The normalized spacial score (nSPS) is 10.3. The third kappa shape index (κ3) is 3.58. The fourth-order valence-electron chi connectivity index (χ4n) is 0.897. The first kappa shape index (κ1) is 10.9. The summed E-state index contributed by atoms with van der Waals surface area (Å²) in [6.07, 6.45) is 0. The molecule has 0 saturated heterocycles. The highest BCUT2D eigenvalue weighted by molar-refractivity contribution is 9.10. The van der Waals surface area contributed by atoms with Gasteiger partial charge in [-0.3, -0.25) is 0 Å². The van der Waals surface area contributed by atoms with E-state index < -0.39 is 0 Å². The van der Waals surface area contributed by atoms with Gasteiger partial charge in [-0.25, -0.2) is 0 Å². The number of halogens is 1. The van der Waals surface area contributed by atoms with Crippen molar-refractivity contribution >= 4 is 33.4 Å². The van der Waals surface area contributed by atoms with Crippen LogP contribution in [-0.4, -0.2) is 19.3 Å². The Morgan fingerprint density at radius 1 is 1.54 bits per heavy atom. The topological polar surface area (TPSA) is 38.0 Å². The Bertz CT molecular complexity index is 278. The maximum absolute atomic E-state index is 5.63. The van der Waals surface area contributed by atoms with Crippen LogP contribution in [0.1, 0.15) is 0 Å². The SMILES string of the molecule is CNCCSc1ccc(N)cc1Br. The van der Waals surface area contributed by atoms with Crippen LogP contribution in [0.25, 0.3) is 0 Å². The molecule has 0 radical (unpaired) electrons. The Hall–Kier alpha value is -0.190. The zero-order valence-electron chi connectivity index (χ0n) is 7.51. The summed E-state index contributed by atoms with van der Waals surface area (Å²) < 4.78 is 1.08. The predicted octanol–water partition coefficient (Wildman–Crippen LogP) is 2.34. The van der Waals surface area contributed by atoms with Crippen molar-refractivity contribution in [2.75, 3.05) is 25.1 Å². The number of benzene rings is 1. The second-order valence-electron chi connectivity index (χ2n) is 2.64. The summed E-state index contributed by atoms with van der Waals surface area (Å²) in [6.45, 7) is 1.02. The third-order valence-corrected chi connectivity index (χ3v) is 3.56. The summed E-state index contributed by atoms with van der Waals surface area (Å²) >= 11 is 5.29. The van der Waals surface area contributed by atoms with E-state index in [4.69, 9.17) is 5.73 Å². The number of hydrogen-bond acceptors (Lipinski definition) is 3. The Labute approximate surface area is 91.4 Å². The number of hydrogen-bond donors (Lipinski definition) is 2. The molecule has 1 rings (SSSR count). The molecule has 3 N–H and O–H groups in total. The van der Waals surface area contributed by atoms with E-state index in [0.29, 0.717) is 0 Å². The van der Waals surface area contributed by atoms with Crippen LogP contribution in [0.5, 0.6) is 0 Å². The standard InChI is InChI=1S/C9H13BrN2S/c1-12-4-5-13-9-3-2-7(11)6-8(9)10/h2-3,6,12H,4-5,11H2,1H3. The van der Waals surface area contributed by atoms with Crippen molar-refractivity contribution < 1.29 is 0 Å². The quantitative estimate of drug-likeness (QED) is 0.496. The summed E-state index contributed by atoms with van der Waals surface area (Å²) in [5, 5.41) is 3.11. The molecule has 0 saturated carbocycles. The van der Waals surface area contributed by atoms with Gasteiger partial charge in [0.25, 0.3) is 0 Å². The second-order valence-corrected chi connectivity index (χ2v) is 4.63. The van der Waals surface area contributed by atoms with Gasteiger partial charge < -0.3 is 11.1 Å². The highest BCUT2D eigenvalue weighted by atomic mass is 79.9. The molecule has 0 atom stereocenters. The first-order valence-corrected chi connectivity index (χ1v) is 5.84. The van der Waals surface area contributed by atoms with E-state index in [9.17, 15) is 0 Å². The van der Waals surface area contributed by atoms with Gasteiger partial charge in [0, 0.05) is 27.4 Å². The Kier molecular flexibility index (Phi) is 4.62. The van der Waals surface area contributed by atoms with E-state index in [0.717, 1.165) is 22.5 Å². The van der Waals surface area contributed by atoms with Crippen molar-refractivity contribution in [1.29, 1.82) is 0 Å². The molecule has 0 aliphatic rings. The minimum absolute atomic E-state index is 0.796. The maximum atomic E-state index is 5.63. The molecule has 0 aliphatic heterocycles. The molecule has 72 valence electrons. The van der Waals surface area contributed by atoms with E-state index in [1.54, 1.807) is 0 Å². The molecule has 13 heavy (non-hydrogen) atoms. The number of nitrogen functional groups attached to an aromatic ring is 1. The molecule has 0 fully saturated rings. The molecule has 4 heteroatoms. The fraction of sp³-hybridized carbons (Fsp3) is 0.333. The fourth-order valence-corrected chi connectivity index (χ4v) is 2.52. The van der Waals surface area contributed by atoms with Crippen LogP contribution in [0, 0.1) is 0 Å². The van der Waals surface area contributed by atoms with E-state index >= 15 is 0 Å². The average molecular weight is 261 g/mol. The van der Waals surface area contributed by atoms with E-state index in [1.807, 2.05) is 37.0 Å². The van der Waals surface area contributed by atoms with Gasteiger partial charge in [-0.15, -0.1) is 11.8 Å². The number of nitrogens with one attached hydrogen (secondary N) is 1. The average Bonchev–Trinajstić information content (AvgIpc) is 2.09. The van der Waals surface area contributed by atoms with Gasteiger partial charge in [-0.2, -0.15) is 0 Å². The molecular weight excluding hydrogens is 248 g/mol. The van der Waals surface area contributed by atoms with Gasteiger partial charge in [-0.05, 0) is 41.2 Å². The largest absolute Gasteiger partial charge is 0.399 e. The Morgan fingerprint density at radius 2 is 2.31 bits per heavy atom. The minimum atomic E-state index is 0.796. The van der Waals surface area contributed by atoms with Crippen LogP contribution in [0.2, 0.25) is 0 Å². The summed E-state index contributed by atoms with van der Waals surface area (Å²) in [5.74, 6) is 1.07. The molecule has 2 nitrogen and oxygen atoms in total. The van der Waals surface area contributed by atoms with Crippen LogP contribution in [0.15, 0.2) is 27.6 Å².